The Balaban J connectivity index is 2.25. The molecule has 0 saturated heterocycles. The van der Waals surface area contributed by atoms with Gasteiger partial charge in [-0.15, -0.1) is 0 Å². The lowest BCUT2D eigenvalue weighted by atomic mass is 10.1. The molecule has 0 unspecified atom stereocenters. The van der Waals surface area contributed by atoms with Crippen LogP contribution < -0.4 is 0 Å². The molecule has 0 fully saturated rings. The van der Waals surface area contributed by atoms with Crippen LogP contribution in [0.5, 0.6) is 5.75 Å². The molecule has 22 heavy (non-hydrogen) atoms. The molecule has 4 heteroatoms. The topological polar surface area (TPSA) is 54.4 Å². The number of benzene rings is 2. The summed E-state index contributed by atoms with van der Waals surface area (Å²) in [6, 6.07) is 10.7. The van der Waals surface area contributed by atoms with Gasteiger partial charge in [-0.05, 0) is 48.9 Å². The summed E-state index contributed by atoms with van der Waals surface area (Å²) in [6.45, 7) is 3.25. The lowest BCUT2D eigenvalue weighted by molar-refractivity contribution is -0.109. The van der Waals surface area contributed by atoms with Crippen LogP contribution in [0.4, 0.5) is 0 Å². The average Bonchev–Trinajstić information content (AvgIpc) is 2.49. The molecule has 0 aliphatic carbocycles. The Labute approximate surface area is 133 Å². The Kier molecular flexibility index (Phi) is 5.03. The van der Waals surface area contributed by atoms with Gasteiger partial charge in [0.25, 0.3) is 0 Å². The van der Waals surface area contributed by atoms with Crippen molar-refractivity contribution in [1.82, 2.24) is 0 Å². The fourth-order valence-corrected chi connectivity index (χ4v) is 2.49. The number of phenolic OH excluding ortho intramolecular Hbond substituents is 1. The van der Waals surface area contributed by atoms with Crippen molar-refractivity contribution in [1.29, 1.82) is 0 Å². The molecule has 0 bridgehead atoms. The van der Waals surface area contributed by atoms with E-state index in [9.17, 15) is 14.7 Å². The lowest BCUT2D eigenvalue weighted by Gasteiger charge is -2.02. The van der Waals surface area contributed by atoms with Gasteiger partial charge in [0.15, 0.2) is 11.4 Å². The Hall–Kier alpha value is -2.51. The third-order valence-electron chi connectivity index (χ3n) is 2.92. The van der Waals surface area contributed by atoms with Gasteiger partial charge in [0.2, 0.25) is 0 Å². The maximum atomic E-state index is 11.0. The summed E-state index contributed by atoms with van der Waals surface area (Å²) in [5.74, 6) is 5.96. The van der Waals surface area contributed by atoms with E-state index in [1.165, 1.54) is 18.7 Å². The van der Waals surface area contributed by atoms with Crippen molar-refractivity contribution in [3.05, 3.63) is 58.7 Å². The van der Waals surface area contributed by atoms with Gasteiger partial charge in [-0.3, -0.25) is 9.59 Å². The summed E-state index contributed by atoms with van der Waals surface area (Å²) in [7, 11) is 0. The van der Waals surface area contributed by atoms with Crippen molar-refractivity contribution in [2.24, 2.45) is 0 Å². The monoisotopic (exact) mass is 310 g/mol. The first-order chi connectivity index (χ1) is 10.5. The number of hydrogen-bond acceptors (Lipinski definition) is 4. The number of aromatic hydroxyl groups is 1. The molecule has 0 aromatic heterocycles. The van der Waals surface area contributed by atoms with Crippen molar-refractivity contribution in [3.63, 3.8) is 0 Å². The zero-order valence-electron chi connectivity index (χ0n) is 12.2. The van der Waals surface area contributed by atoms with Gasteiger partial charge in [0, 0.05) is 22.9 Å². The summed E-state index contributed by atoms with van der Waals surface area (Å²) >= 11 is 1.18. The second-order valence-electron chi connectivity index (χ2n) is 4.72. The summed E-state index contributed by atoms with van der Waals surface area (Å²) in [6.07, 6.45) is 0.612. The predicted molar refractivity (Wildman–Crippen MR) is 87.2 cm³/mol. The minimum absolute atomic E-state index is 0.00818. The number of aryl methyl sites for hydroxylation is 1. The van der Waals surface area contributed by atoms with Crippen molar-refractivity contribution in [2.45, 2.75) is 18.7 Å². The van der Waals surface area contributed by atoms with Gasteiger partial charge in [-0.25, -0.2) is 0 Å². The fourth-order valence-electron chi connectivity index (χ4n) is 1.89. The first-order valence-corrected chi connectivity index (χ1v) is 7.40. The first kappa shape index (κ1) is 15.9. The Morgan fingerprint density at radius 2 is 1.77 bits per heavy atom. The maximum absolute atomic E-state index is 11.0. The van der Waals surface area contributed by atoms with Crippen LogP contribution in [0.25, 0.3) is 0 Å². The molecular weight excluding hydrogens is 296 g/mol. The van der Waals surface area contributed by atoms with Crippen LogP contribution in [0.1, 0.15) is 34.0 Å². The summed E-state index contributed by atoms with van der Waals surface area (Å²) in [5, 5.41) is 9.74. The molecule has 2 aromatic carbocycles. The quantitative estimate of drug-likeness (QED) is 0.523. The molecule has 0 saturated carbocycles. The Morgan fingerprint density at radius 1 is 1.14 bits per heavy atom. The van der Waals surface area contributed by atoms with Crippen molar-refractivity contribution in [2.75, 3.05) is 0 Å². The molecule has 3 nitrogen and oxygen atoms in total. The molecule has 2 aromatic rings. The van der Waals surface area contributed by atoms with Gasteiger partial charge in [-0.1, -0.05) is 23.6 Å². The standard InChI is InChI=1S/C18H14O3S/c1-12-9-15(10-16(11-19)18(12)21)4-3-14-5-7-17(8-6-14)22-13(2)20/h5-11,21H,1-2H3. The van der Waals surface area contributed by atoms with E-state index in [4.69, 9.17) is 0 Å². The van der Waals surface area contributed by atoms with Crippen LogP contribution in [0.2, 0.25) is 0 Å². The molecule has 0 amide bonds. The van der Waals surface area contributed by atoms with Crippen molar-refractivity contribution >= 4 is 23.2 Å². The number of carbonyl (C=O) groups is 2. The average molecular weight is 310 g/mol. The van der Waals surface area contributed by atoms with E-state index in [2.05, 4.69) is 11.8 Å². The number of phenols is 1. The predicted octanol–water partition coefficient (Wildman–Crippen LogP) is 3.55. The number of hydrogen-bond donors (Lipinski definition) is 1. The molecule has 0 aliphatic heterocycles. The molecule has 0 aliphatic rings. The van der Waals surface area contributed by atoms with Gasteiger partial charge >= 0.3 is 0 Å². The van der Waals surface area contributed by atoms with E-state index >= 15 is 0 Å². The molecule has 0 heterocycles. The molecule has 2 rings (SSSR count). The van der Waals surface area contributed by atoms with Crippen LogP contribution in [-0.4, -0.2) is 16.5 Å². The zero-order valence-corrected chi connectivity index (χ0v) is 13.0. The van der Waals surface area contributed by atoms with Gasteiger partial charge in [0.05, 0.1) is 5.56 Å². The minimum atomic E-state index is -0.00818. The number of carbonyl (C=O) groups excluding carboxylic acids is 2. The second-order valence-corrected chi connectivity index (χ2v) is 5.97. The highest BCUT2D eigenvalue weighted by Gasteiger charge is 2.04. The Bertz CT molecular complexity index is 780. The highest BCUT2D eigenvalue weighted by molar-refractivity contribution is 8.13. The number of thioether (sulfide) groups is 1. The van der Waals surface area contributed by atoms with Crippen LogP contribution in [0.3, 0.4) is 0 Å². The summed E-state index contributed by atoms with van der Waals surface area (Å²) in [4.78, 5) is 22.8. The fraction of sp³-hybridized carbons (Fsp3) is 0.111. The maximum Gasteiger partial charge on any atom is 0.190 e. The molecule has 0 atom stereocenters. The van der Waals surface area contributed by atoms with Crippen LogP contribution in [0, 0.1) is 18.8 Å². The van der Waals surface area contributed by atoms with Crippen molar-refractivity contribution < 1.29 is 14.7 Å². The lowest BCUT2D eigenvalue weighted by Crippen LogP contribution is -1.88. The van der Waals surface area contributed by atoms with Gasteiger partial charge < -0.3 is 5.11 Å². The smallest absolute Gasteiger partial charge is 0.190 e. The highest BCUT2D eigenvalue weighted by Crippen LogP contribution is 2.22. The molecular formula is C18H14O3S. The third-order valence-corrected chi connectivity index (χ3v) is 3.72. The largest absolute Gasteiger partial charge is 0.507 e. The molecule has 1 N–H and O–H groups in total. The third kappa shape index (κ3) is 4.00. The van der Waals surface area contributed by atoms with E-state index in [-0.39, 0.29) is 16.4 Å². The number of aldehydes is 1. The van der Waals surface area contributed by atoms with Crippen LogP contribution in [-0.2, 0) is 4.79 Å². The van der Waals surface area contributed by atoms with Crippen molar-refractivity contribution in [3.8, 4) is 17.6 Å². The SMILES string of the molecule is CC(=O)Sc1ccc(C#Cc2cc(C)c(O)c(C=O)c2)cc1. The minimum Gasteiger partial charge on any atom is -0.507 e. The normalized spacial score (nSPS) is 9.73. The zero-order chi connectivity index (χ0) is 16.1. The van der Waals surface area contributed by atoms with Crippen LogP contribution >= 0.6 is 11.8 Å². The number of rotatable bonds is 2. The van der Waals surface area contributed by atoms with Crippen LogP contribution in [0.15, 0.2) is 41.3 Å². The van der Waals surface area contributed by atoms with E-state index in [1.807, 2.05) is 24.3 Å². The van der Waals surface area contributed by atoms with Gasteiger partial charge in [0.1, 0.15) is 5.75 Å². The summed E-state index contributed by atoms with van der Waals surface area (Å²) in [5.41, 5.74) is 2.32. The van der Waals surface area contributed by atoms with E-state index in [1.54, 1.807) is 19.1 Å². The van der Waals surface area contributed by atoms with E-state index in [0.717, 1.165) is 10.5 Å². The highest BCUT2D eigenvalue weighted by atomic mass is 32.2. The second kappa shape index (κ2) is 6.97. The first-order valence-electron chi connectivity index (χ1n) is 6.59. The molecule has 0 radical (unpaired) electrons. The Morgan fingerprint density at radius 3 is 2.36 bits per heavy atom. The molecule has 110 valence electrons. The molecule has 0 spiro atoms. The van der Waals surface area contributed by atoms with E-state index < -0.39 is 0 Å². The van der Waals surface area contributed by atoms with Gasteiger partial charge in [-0.2, -0.15) is 0 Å². The summed E-state index contributed by atoms with van der Waals surface area (Å²) < 4.78 is 0. The van der Waals surface area contributed by atoms with E-state index in [0.29, 0.717) is 17.4 Å².